The monoisotopic (exact) mass is 402 g/mol. The molecule has 0 aromatic carbocycles. The highest BCUT2D eigenvalue weighted by Crippen LogP contribution is 2.52. The molecule has 1 saturated carbocycles. The minimum absolute atomic E-state index is 0.0636. The van der Waals surface area contributed by atoms with Gasteiger partial charge in [-0.1, -0.05) is 20.8 Å². The van der Waals surface area contributed by atoms with Gasteiger partial charge in [-0.25, -0.2) is 0 Å². The normalized spacial score (nSPS) is 36.1. The zero-order valence-electron chi connectivity index (χ0n) is 17.1. The summed E-state index contributed by atoms with van der Waals surface area (Å²) in [5.41, 5.74) is -0.147. The Morgan fingerprint density at radius 1 is 1.24 bits per heavy atom. The maximum Gasteiger partial charge on any atom is 0.314 e. The van der Waals surface area contributed by atoms with Crippen LogP contribution in [0.5, 0.6) is 0 Å². The number of hydrogen-bond acceptors (Lipinski definition) is 7. The number of ketones is 2. The topological polar surface area (TPSA) is 99.9 Å². The standard InChI is InChI=1S/C22H26O7/c1-10-13-9-15-12(6-8-27-15)17-16(13)18(29-21(17)26)19(28-11(2)23)20(25)22(3,4)7-5-14(10)24/h6,8,10,13,16-19H,5,7,9H2,1-4H3/t10-,13-,16-,17+,18-,19?/m1/s1. The van der Waals surface area contributed by atoms with Gasteiger partial charge in [0.05, 0.1) is 12.2 Å². The molecule has 1 saturated heterocycles. The van der Waals surface area contributed by atoms with E-state index >= 15 is 0 Å². The largest absolute Gasteiger partial charge is 0.469 e. The Balaban J connectivity index is 1.86. The summed E-state index contributed by atoms with van der Waals surface area (Å²) < 4.78 is 16.8. The van der Waals surface area contributed by atoms with Crippen LogP contribution in [-0.4, -0.2) is 35.7 Å². The molecule has 1 unspecified atom stereocenters. The highest BCUT2D eigenvalue weighted by molar-refractivity contribution is 5.93. The first-order valence-corrected chi connectivity index (χ1v) is 10.1. The molecule has 2 aliphatic carbocycles. The van der Waals surface area contributed by atoms with E-state index in [0.717, 1.165) is 5.56 Å². The first kappa shape index (κ1) is 19.9. The summed E-state index contributed by atoms with van der Waals surface area (Å²) in [6.45, 7) is 6.60. The van der Waals surface area contributed by atoms with Crippen LogP contribution < -0.4 is 0 Å². The van der Waals surface area contributed by atoms with Crippen molar-refractivity contribution in [2.45, 2.75) is 65.1 Å². The Kier molecular flexibility index (Phi) is 4.67. The van der Waals surface area contributed by atoms with Crippen molar-refractivity contribution in [1.82, 2.24) is 0 Å². The Hall–Kier alpha value is -2.44. The number of Topliss-reactive ketones (excluding diaryl/α,β-unsaturated/α-hetero) is 2. The minimum atomic E-state index is -1.18. The minimum Gasteiger partial charge on any atom is -0.469 e. The summed E-state index contributed by atoms with van der Waals surface area (Å²) in [5, 5.41) is 0. The van der Waals surface area contributed by atoms with Crippen LogP contribution in [0.3, 0.4) is 0 Å². The summed E-state index contributed by atoms with van der Waals surface area (Å²) in [5.74, 6) is -2.27. The van der Waals surface area contributed by atoms with Crippen LogP contribution in [0, 0.1) is 23.2 Å². The molecule has 0 radical (unpaired) electrons. The molecule has 0 N–H and O–H groups in total. The van der Waals surface area contributed by atoms with Gasteiger partial charge >= 0.3 is 11.9 Å². The predicted octanol–water partition coefficient (Wildman–Crippen LogP) is 2.60. The summed E-state index contributed by atoms with van der Waals surface area (Å²) in [7, 11) is 0. The Morgan fingerprint density at radius 3 is 2.66 bits per heavy atom. The Bertz CT molecular complexity index is 879. The van der Waals surface area contributed by atoms with E-state index < -0.39 is 41.4 Å². The highest BCUT2D eigenvalue weighted by Gasteiger charge is 2.60. The smallest absolute Gasteiger partial charge is 0.314 e. The number of carbonyl (C=O) groups excluding carboxylic acids is 4. The fourth-order valence-electron chi connectivity index (χ4n) is 5.23. The summed E-state index contributed by atoms with van der Waals surface area (Å²) in [6.07, 6.45) is 0.522. The third-order valence-corrected chi connectivity index (χ3v) is 6.96. The summed E-state index contributed by atoms with van der Waals surface area (Å²) in [6, 6.07) is 1.75. The molecule has 1 aromatic rings. The van der Waals surface area contributed by atoms with E-state index in [-0.39, 0.29) is 29.8 Å². The second-order valence-corrected chi connectivity index (χ2v) is 9.16. The zero-order valence-corrected chi connectivity index (χ0v) is 17.1. The van der Waals surface area contributed by atoms with Gasteiger partial charge in [-0.05, 0) is 18.4 Å². The maximum absolute atomic E-state index is 13.4. The van der Waals surface area contributed by atoms with Gasteiger partial charge in [0.15, 0.2) is 18.0 Å². The van der Waals surface area contributed by atoms with E-state index in [1.165, 1.54) is 13.2 Å². The summed E-state index contributed by atoms with van der Waals surface area (Å²) in [4.78, 5) is 51.0. The molecule has 156 valence electrons. The van der Waals surface area contributed by atoms with Crippen LogP contribution >= 0.6 is 0 Å². The third-order valence-electron chi connectivity index (χ3n) is 6.96. The Labute approximate surface area is 169 Å². The van der Waals surface area contributed by atoms with Crippen molar-refractivity contribution in [3.8, 4) is 0 Å². The molecule has 4 rings (SSSR count). The van der Waals surface area contributed by atoms with E-state index in [9.17, 15) is 19.2 Å². The lowest BCUT2D eigenvalue weighted by molar-refractivity contribution is -0.171. The molecule has 7 nitrogen and oxygen atoms in total. The van der Waals surface area contributed by atoms with E-state index in [1.807, 2.05) is 6.92 Å². The average Bonchev–Trinajstić information content (AvgIpc) is 3.25. The van der Waals surface area contributed by atoms with E-state index in [2.05, 4.69) is 0 Å². The van der Waals surface area contributed by atoms with Crippen LogP contribution in [-0.2, 0) is 35.1 Å². The van der Waals surface area contributed by atoms with Crippen LogP contribution in [0.4, 0.5) is 0 Å². The lowest BCUT2D eigenvalue weighted by atomic mass is 9.62. The number of hydrogen-bond donors (Lipinski definition) is 0. The van der Waals surface area contributed by atoms with E-state index in [1.54, 1.807) is 19.9 Å². The second-order valence-electron chi connectivity index (χ2n) is 9.16. The molecule has 6 atom stereocenters. The zero-order chi connectivity index (χ0) is 21.1. The number of rotatable bonds is 1. The van der Waals surface area contributed by atoms with Gasteiger partial charge in [0, 0.05) is 42.6 Å². The van der Waals surface area contributed by atoms with Crippen molar-refractivity contribution in [3.63, 3.8) is 0 Å². The number of fused-ring (bicyclic) bond motifs is 2. The summed E-state index contributed by atoms with van der Waals surface area (Å²) >= 11 is 0. The van der Waals surface area contributed by atoms with E-state index in [4.69, 9.17) is 13.9 Å². The van der Waals surface area contributed by atoms with Crippen LogP contribution in [0.2, 0.25) is 0 Å². The van der Waals surface area contributed by atoms with Crippen molar-refractivity contribution in [2.24, 2.45) is 23.2 Å². The van der Waals surface area contributed by atoms with Crippen LogP contribution in [0.1, 0.15) is 57.8 Å². The lowest BCUT2D eigenvalue weighted by Crippen LogP contribution is -2.51. The first-order chi connectivity index (χ1) is 13.6. The molecule has 2 fully saturated rings. The number of esters is 2. The second kappa shape index (κ2) is 6.82. The molecule has 3 aliphatic rings. The van der Waals surface area contributed by atoms with Crippen molar-refractivity contribution in [1.29, 1.82) is 0 Å². The Morgan fingerprint density at radius 2 is 1.97 bits per heavy atom. The molecule has 0 bridgehead atoms. The maximum atomic E-state index is 13.4. The molecular weight excluding hydrogens is 376 g/mol. The lowest BCUT2D eigenvalue weighted by Gasteiger charge is -2.40. The van der Waals surface area contributed by atoms with Crippen molar-refractivity contribution in [3.05, 3.63) is 23.7 Å². The SMILES string of the molecule is CC(=O)OC1C(=O)C(C)(C)CCC(=O)[C@H](C)[C@H]2Cc3occc3[C@@H]3C(=O)O[C@@H]1[C@H]23. The van der Waals surface area contributed by atoms with Gasteiger partial charge < -0.3 is 13.9 Å². The highest BCUT2D eigenvalue weighted by atomic mass is 16.6. The van der Waals surface area contributed by atoms with Gasteiger partial charge in [-0.2, -0.15) is 0 Å². The first-order valence-electron chi connectivity index (χ1n) is 10.1. The van der Waals surface area contributed by atoms with Crippen LogP contribution in [0.15, 0.2) is 16.7 Å². The van der Waals surface area contributed by atoms with Crippen molar-refractivity contribution in [2.75, 3.05) is 0 Å². The molecule has 0 spiro atoms. The quantitative estimate of drug-likeness (QED) is 0.666. The molecule has 7 heteroatoms. The van der Waals surface area contributed by atoms with Gasteiger partial charge in [0.2, 0.25) is 0 Å². The molecule has 29 heavy (non-hydrogen) atoms. The van der Waals surface area contributed by atoms with Gasteiger partial charge in [0.25, 0.3) is 0 Å². The van der Waals surface area contributed by atoms with Crippen molar-refractivity contribution >= 4 is 23.5 Å². The number of furan rings is 1. The van der Waals surface area contributed by atoms with Gasteiger partial charge in [-0.3, -0.25) is 19.2 Å². The molecule has 2 heterocycles. The van der Waals surface area contributed by atoms with Crippen LogP contribution in [0.25, 0.3) is 0 Å². The molecule has 1 aliphatic heterocycles. The van der Waals surface area contributed by atoms with E-state index in [0.29, 0.717) is 18.6 Å². The van der Waals surface area contributed by atoms with Gasteiger partial charge in [0.1, 0.15) is 11.5 Å². The predicted molar refractivity (Wildman–Crippen MR) is 99.8 cm³/mol. The molecular formula is C22H26O7. The third kappa shape index (κ3) is 3.11. The average molecular weight is 402 g/mol. The fourth-order valence-corrected chi connectivity index (χ4v) is 5.23. The fraction of sp³-hybridized carbons (Fsp3) is 0.636. The number of carbonyl (C=O) groups is 4. The van der Waals surface area contributed by atoms with Gasteiger partial charge in [-0.15, -0.1) is 0 Å². The molecule has 1 aromatic heterocycles. The molecule has 0 amide bonds. The number of ether oxygens (including phenoxy) is 2. The van der Waals surface area contributed by atoms with Crippen molar-refractivity contribution < 1.29 is 33.1 Å².